The fourth-order valence-corrected chi connectivity index (χ4v) is 3.19. The highest BCUT2D eigenvalue weighted by Crippen LogP contribution is 2.39. The van der Waals surface area contributed by atoms with Crippen molar-refractivity contribution in [3.8, 4) is 11.1 Å². The van der Waals surface area contributed by atoms with E-state index in [-0.39, 0.29) is 0 Å². The van der Waals surface area contributed by atoms with Gasteiger partial charge in [0.25, 0.3) is 0 Å². The molecule has 0 spiro atoms. The molecule has 0 radical (unpaired) electrons. The zero-order valence-corrected chi connectivity index (χ0v) is 10.4. The quantitative estimate of drug-likeness (QED) is 0.410. The average molecular weight is 230 g/mol. The summed E-state index contributed by atoms with van der Waals surface area (Å²) < 4.78 is 0. The lowest BCUT2D eigenvalue weighted by Crippen LogP contribution is -2.01. The van der Waals surface area contributed by atoms with Crippen LogP contribution in [-0.4, -0.2) is 0 Å². The van der Waals surface area contributed by atoms with Gasteiger partial charge in [-0.15, -0.1) is 0 Å². The molecule has 0 nitrogen and oxygen atoms in total. The van der Waals surface area contributed by atoms with Gasteiger partial charge in [-0.3, -0.25) is 0 Å². The van der Waals surface area contributed by atoms with Crippen molar-refractivity contribution in [3.63, 3.8) is 0 Å². The first-order valence-electron chi connectivity index (χ1n) is 6.43. The summed E-state index contributed by atoms with van der Waals surface area (Å²) in [5.74, 6) is 0. The number of hydrogen-bond donors (Lipinski definition) is 0. The van der Waals surface area contributed by atoms with Crippen molar-refractivity contribution in [1.29, 1.82) is 0 Å². The van der Waals surface area contributed by atoms with Crippen molar-refractivity contribution in [3.05, 3.63) is 71.3 Å². The summed E-state index contributed by atoms with van der Waals surface area (Å²) in [6.07, 6.45) is 1.06. The van der Waals surface area contributed by atoms with Crippen LogP contribution in [0.15, 0.2) is 54.6 Å². The fourth-order valence-electron chi connectivity index (χ4n) is 3.19. The standard InChI is InChI=1S/C18H14/c1-12-9-14-6-4-8-17-16-7-3-2-5-13(16)11-15(10-12)18(14)17/h2-10H,11H2,1H3. The molecule has 0 heteroatoms. The molecule has 0 aromatic heterocycles. The first-order valence-corrected chi connectivity index (χ1v) is 6.43. The molecule has 18 heavy (non-hydrogen) atoms. The van der Waals surface area contributed by atoms with Crippen molar-refractivity contribution >= 4 is 10.8 Å². The summed E-state index contributed by atoms with van der Waals surface area (Å²) in [6, 6.07) is 20.0. The normalized spacial score (nSPS) is 12.5. The van der Waals surface area contributed by atoms with E-state index in [1.807, 2.05) is 0 Å². The van der Waals surface area contributed by atoms with Crippen molar-refractivity contribution < 1.29 is 0 Å². The van der Waals surface area contributed by atoms with Crippen LogP contribution in [0.5, 0.6) is 0 Å². The van der Waals surface area contributed by atoms with Gasteiger partial charge in [-0.1, -0.05) is 60.2 Å². The van der Waals surface area contributed by atoms with Gasteiger partial charge in [0.2, 0.25) is 0 Å². The molecule has 1 aliphatic carbocycles. The van der Waals surface area contributed by atoms with Gasteiger partial charge in [0.05, 0.1) is 0 Å². The Kier molecular flexibility index (Phi) is 1.90. The second-order valence-corrected chi connectivity index (χ2v) is 5.16. The maximum Gasteiger partial charge on any atom is -0.00131 e. The molecular formula is C18H14. The van der Waals surface area contributed by atoms with Crippen LogP contribution < -0.4 is 0 Å². The van der Waals surface area contributed by atoms with Crippen molar-refractivity contribution in [1.82, 2.24) is 0 Å². The molecule has 0 amide bonds. The highest BCUT2D eigenvalue weighted by Gasteiger charge is 2.17. The summed E-state index contributed by atoms with van der Waals surface area (Å²) in [5.41, 5.74) is 7.07. The van der Waals surface area contributed by atoms with Gasteiger partial charge >= 0.3 is 0 Å². The minimum absolute atomic E-state index is 1.06. The first kappa shape index (κ1) is 9.90. The molecule has 0 heterocycles. The third kappa shape index (κ3) is 1.26. The molecule has 0 saturated heterocycles. The lowest BCUT2D eigenvalue weighted by molar-refractivity contribution is 1.19. The minimum Gasteiger partial charge on any atom is -0.0619 e. The van der Waals surface area contributed by atoms with Gasteiger partial charge in [-0.25, -0.2) is 0 Å². The van der Waals surface area contributed by atoms with E-state index in [0.29, 0.717) is 0 Å². The molecule has 4 rings (SSSR count). The third-order valence-electron chi connectivity index (χ3n) is 3.89. The Morgan fingerprint density at radius 1 is 0.778 bits per heavy atom. The highest BCUT2D eigenvalue weighted by molar-refractivity contribution is 6.02. The van der Waals surface area contributed by atoms with E-state index >= 15 is 0 Å². The monoisotopic (exact) mass is 230 g/mol. The largest absolute Gasteiger partial charge is 0.0619 e. The van der Waals surface area contributed by atoms with Crippen LogP contribution in [0.1, 0.15) is 16.7 Å². The van der Waals surface area contributed by atoms with Crippen LogP contribution in [0.2, 0.25) is 0 Å². The van der Waals surface area contributed by atoms with Crippen LogP contribution in [0.25, 0.3) is 21.9 Å². The maximum atomic E-state index is 2.34. The molecule has 0 unspecified atom stereocenters. The Morgan fingerprint density at radius 3 is 2.56 bits per heavy atom. The van der Waals surface area contributed by atoms with Gasteiger partial charge in [0.15, 0.2) is 0 Å². The number of benzene rings is 3. The molecule has 86 valence electrons. The Balaban J connectivity index is 2.20. The third-order valence-corrected chi connectivity index (χ3v) is 3.89. The molecule has 1 aliphatic rings. The SMILES string of the molecule is Cc1cc2c3c(cccc3c1)-c1ccccc1C2. The number of hydrogen-bond acceptors (Lipinski definition) is 0. The number of rotatable bonds is 0. The predicted molar refractivity (Wildman–Crippen MR) is 76.9 cm³/mol. The van der Waals surface area contributed by atoms with Crippen LogP contribution in [-0.2, 0) is 6.42 Å². The summed E-state index contributed by atoms with van der Waals surface area (Å²) in [4.78, 5) is 0. The molecule has 0 bridgehead atoms. The van der Waals surface area contributed by atoms with E-state index < -0.39 is 0 Å². The topological polar surface area (TPSA) is 0 Å². The predicted octanol–water partition coefficient (Wildman–Crippen LogP) is 4.72. The molecule has 0 aliphatic heterocycles. The van der Waals surface area contributed by atoms with Gasteiger partial charge in [-0.05, 0) is 46.4 Å². The summed E-state index contributed by atoms with van der Waals surface area (Å²) in [5, 5.41) is 2.82. The van der Waals surface area contributed by atoms with Crippen molar-refractivity contribution in [2.75, 3.05) is 0 Å². The van der Waals surface area contributed by atoms with Crippen LogP contribution in [0, 0.1) is 6.92 Å². The van der Waals surface area contributed by atoms with Gasteiger partial charge in [0, 0.05) is 0 Å². The zero-order chi connectivity index (χ0) is 12.1. The first-order chi connectivity index (χ1) is 8.83. The number of aryl methyl sites for hydroxylation is 1. The van der Waals surface area contributed by atoms with Gasteiger partial charge < -0.3 is 0 Å². The van der Waals surface area contributed by atoms with E-state index in [1.54, 1.807) is 0 Å². The second-order valence-electron chi connectivity index (χ2n) is 5.16. The van der Waals surface area contributed by atoms with E-state index in [9.17, 15) is 0 Å². The van der Waals surface area contributed by atoms with Crippen LogP contribution in [0.3, 0.4) is 0 Å². The average Bonchev–Trinajstić information content (AvgIpc) is 2.38. The smallest absolute Gasteiger partial charge is 0.00131 e. The molecule has 0 N–H and O–H groups in total. The second kappa shape index (κ2) is 3.46. The molecule has 0 atom stereocenters. The van der Waals surface area contributed by atoms with Crippen LogP contribution in [0.4, 0.5) is 0 Å². The Labute approximate surface area is 107 Å². The maximum absolute atomic E-state index is 2.34. The summed E-state index contributed by atoms with van der Waals surface area (Å²) in [7, 11) is 0. The Morgan fingerprint density at radius 2 is 1.61 bits per heavy atom. The minimum atomic E-state index is 1.06. The van der Waals surface area contributed by atoms with E-state index in [0.717, 1.165) is 6.42 Å². The van der Waals surface area contributed by atoms with E-state index in [2.05, 4.69) is 61.5 Å². The van der Waals surface area contributed by atoms with E-state index in [1.165, 1.54) is 38.6 Å². The zero-order valence-electron chi connectivity index (χ0n) is 10.4. The number of fused-ring (bicyclic) bond motifs is 2. The highest BCUT2D eigenvalue weighted by atomic mass is 14.2. The van der Waals surface area contributed by atoms with Crippen molar-refractivity contribution in [2.45, 2.75) is 13.3 Å². The molecule has 3 aromatic rings. The summed E-state index contributed by atoms with van der Waals surface area (Å²) >= 11 is 0. The van der Waals surface area contributed by atoms with E-state index in [4.69, 9.17) is 0 Å². The molecular weight excluding hydrogens is 216 g/mol. The lowest BCUT2D eigenvalue weighted by atomic mass is 9.83. The van der Waals surface area contributed by atoms with Gasteiger partial charge in [0.1, 0.15) is 0 Å². The van der Waals surface area contributed by atoms with Crippen molar-refractivity contribution in [2.24, 2.45) is 0 Å². The lowest BCUT2D eigenvalue weighted by Gasteiger charge is -2.21. The molecule has 0 fully saturated rings. The summed E-state index contributed by atoms with van der Waals surface area (Å²) in [6.45, 7) is 2.18. The van der Waals surface area contributed by atoms with Gasteiger partial charge in [-0.2, -0.15) is 0 Å². The molecule has 3 aromatic carbocycles. The fraction of sp³-hybridized carbons (Fsp3) is 0.111. The van der Waals surface area contributed by atoms with Crippen LogP contribution >= 0.6 is 0 Å². The Hall–Kier alpha value is -2.08. The Bertz CT molecular complexity index is 766. The molecule has 0 saturated carbocycles.